The Morgan fingerprint density at radius 3 is 2.89 bits per heavy atom. The molecule has 4 N–H and O–H groups in total. The number of amidine groups is 1. The van der Waals surface area contributed by atoms with Crippen LogP contribution in [0.4, 0.5) is 5.69 Å². The molecule has 0 heterocycles. The molecule has 0 aromatic heterocycles. The molecule has 6 nitrogen and oxygen atoms in total. The minimum Gasteiger partial charge on any atom is -0.409 e. The van der Waals surface area contributed by atoms with Gasteiger partial charge >= 0.3 is 0 Å². The van der Waals surface area contributed by atoms with Crippen LogP contribution in [-0.2, 0) is 9.53 Å². The zero-order valence-electron chi connectivity index (χ0n) is 10.5. The molecule has 0 saturated heterocycles. The molecule has 0 unspecified atom stereocenters. The minimum atomic E-state index is -0.231. The Morgan fingerprint density at radius 2 is 2.32 bits per heavy atom. The van der Waals surface area contributed by atoms with Crippen LogP contribution in [0.2, 0.25) is 0 Å². The molecule has 0 aliphatic rings. The Labute approximate surface area is 119 Å². The predicted molar refractivity (Wildman–Crippen MR) is 76.4 cm³/mol. The second-order valence-corrected chi connectivity index (χ2v) is 4.63. The summed E-state index contributed by atoms with van der Waals surface area (Å²) in [5.41, 5.74) is 6.61. The molecule has 0 saturated carbocycles. The molecule has 0 fully saturated rings. The van der Waals surface area contributed by atoms with Crippen molar-refractivity contribution in [3.8, 4) is 0 Å². The van der Waals surface area contributed by atoms with Gasteiger partial charge in [-0.2, -0.15) is 0 Å². The van der Waals surface area contributed by atoms with Crippen LogP contribution in [0.5, 0.6) is 0 Å². The largest absolute Gasteiger partial charge is 0.409 e. The fraction of sp³-hybridized carbons (Fsp3) is 0.333. The van der Waals surface area contributed by atoms with Crippen LogP contribution in [-0.4, -0.2) is 30.2 Å². The van der Waals surface area contributed by atoms with Crippen molar-refractivity contribution >= 4 is 33.4 Å². The van der Waals surface area contributed by atoms with Crippen molar-refractivity contribution in [1.82, 2.24) is 0 Å². The van der Waals surface area contributed by atoms with Gasteiger partial charge in [0.1, 0.15) is 6.61 Å². The molecule has 0 bridgehead atoms. The number of nitrogens with one attached hydrogen (secondary N) is 1. The van der Waals surface area contributed by atoms with E-state index in [2.05, 4.69) is 26.4 Å². The average Bonchev–Trinajstić information content (AvgIpc) is 2.40. The summed E-state index contributed by atoms with van der Waals surface area (Å²) in [7, 11) is 0. The third-order valence-corrected chi connectivity index (χ3v) is 2.88. The number of rotatable bonds is 6. The van der Waals surface area contributed by atoms with Gasteiger partial charge in [0, 0.05) is 16.6 Å². The number of carbonyl (C=O) groups is 1. The first-order valence-corrected chi connectivity index (χ1v) is 6.52. The third kappa shape index (κ3) is 4.88. The summed E-state index contributed by atoms with van der Waals surface area (Å²) in [6.45, 7) is 2.54. The van der Waals surface area contributed by atoms with Crippen LogP contribution in [0.15, 0.2) is 27.8 Å². The summed E-state index contributed by atoms with van der Waals surface area (Å²) >= 11 is 3.31. The fourth-order valence-electron chi connectivity index (χ4n) is 1.33. The number of anilines is 1. The Morgan fingerprint density at radius 1 is 1.58 bits per heavy atom. The highest BCUT2D eigenvalue weighted by molar-refractivity contribution is 9.10. The molecule has 0 radical (unpaired) electrons. The van der Waals surface area contributed by atoms with E-state index in [-0.39, 0.29) is 18.3 Å². The van der Waals surface area contributed by atoms with Gasteiger partial charge in [-0.15, -0.1) is 0 Å². The summed E-state index contributed by atoms with van der Waals surface area (Å²) in [5, 5.41) is 14.2. The maximum absolute atomic E-state index is 11.6. The van der Waals surface area contributed by atoms with Crippen LogP contribution in [0.1, 0.15) is 18.9 Å². The van der Waals surface area contributed by atoms with Gasteiger partial charge in [-0.25, -0.2) is 0 Å². The number of amides is 1. The first kappa shape index (κ1) is 15.5. The molecule has 0 aliphatic heterocycles. The van der Waals surface area contributed by atoms with Gasteiger partial charge in [0.25, 0.3) is 0 Å². The zero-order valence-corrected chi connectivity index (χ0v) is 12.1. The van der Waals surface area contributed by atoms with Gasteiger partial charge in [0.05, 0.1) is 5.69 Å². The van der Waals surface area contributed by atoms with Gasteiger partial charge in [-0.1, -0.05) is 12.1 Å². The fourth-order valence-corrected chi connectivity index (χ4v) is 1.81. The number of hydrogen-bond acceptors (Lipinski definition) is 4. The van der Waals surface area contributed by atoms with E-state index in [9.17, 15) is 4.79 Å². The SMILES string of the molecule is CCCOCC(=O)Nc1ccc(/C(N)=N/O)cc1Br. The maximum atomic E-state index is 11.6. The molecule has 104 valence electrons. The zero-order chi connectivity index (χ0) is 14.3. The van der Waals surface area contributed by atoms with E-state index in [0.717, 1.165) is 6.42 Å². The van der Waals surface area contributed by atoms with Gasteiger partial charge < -0.3 is 21.0 Å². The summed E-state index contributed by atoms with van der Waals surface area (Å²) in [4.78, 5) is 11.6. The van der Waals surface area contributed by atoms with E-state index >= 15 is 0 Å². The second-order valence-electron chi connectivity index (χ2n) is 3.78. The lowest BCUT2D eigenvalue weighted by Crippen LogP contribution is -2.19. The Hall–Kier alpha value is -1.60. The Bertz CT molecular complexity index is 477. The third-order valence-electron chi connectivity index (χ3n) is 2.23. The van der Waals surface area contributed by atoms with Crippen molar-refractivity contribution in [3.05, 3.63) is 28.2 Å². The second kappa shape index (κ2) is 7.75. The van der Waals surface area contributed by atoms with Crippen LogP contribution in [0, 0.1) is 0 Å². The first-order valence-electron chi connectivity index (χ1n) is 5.73. The molecule has 0 atom stereocenters. The lowest BCUT2D eigenvalue weighted by molar-refractivity contribution is -0.120. The van der Waals surface area contributed by atoms with Crippen molar-refractivity contribution in [1.29, 1.82) is 0 Å². The number of hydrogen-bond donors (Lipinski definition) is 3. The van der Waals surface area contributed by atoms with Gasteiger partial charge in [-0.3, -0.25) is 4.79 Å². The number of nitrogens with two attached hydrogens (primary N) is 1. The summed E-state index contributed by atoms with van der Waals surface area (Å²) in [5.74, 6) is -0.226. The molecule has 0 aliphatic carbocycles. The maximum Gasteiger partial charge on any atom is 0.250 e. The quantitative estimate of drug-likeness (QED) is 0.244. The van der Waals surface area contributed by atoms with E-state index in [1.165, 1.54) is 0 Å². The molecule has 1 aromatic rings. The molecular weight excluding hydrogens is 314 g/mol. The van der Waals surface area contributed by atoms with E-state index in [4.69, 9.17) is 15.7 Å². The van der Waals surface area contributed by atoms with Crippen molar-refractivity contribution < 1.29 is 14.7 Å². The summed E-state index contributed by atoms with van der Waals surface area (Å²) < 4.78 is 5.78. The van der Waals surface area contributed by atoms with Crippen molar-refractivity contribution in [3.63, 3.8) is 0 Å². The highest BCUT2D eigenvalue weighted by Gasteiger charge is 2.08. The van der Waals surface area contributed by atoms with Crippen LogP contribution in [0.3, 0.4) is 0 Å². The van der Waals surface area contributed by atoms with Gasteiger partial charge in [-0.05, 0) is 40.5 Å². The standard InChI is InChI=1S/C12H16BrN3O3/c1-2-5-19-7-11(17)15-10-4-3-8(6-9(10)13)12(14)16-18/h3-4,6,18H,2,5,7H2,1H3,(H2,14,16)(H,15,17). The first-order chi connectivity index (χ1) is 9.08. The Kier molecular flexibility index (Phi) is 6.31. The monoisotopic (exact) mass is 329 g/mol. The van der Waals surface area contributed by atoms with Crippen LogP contribution in [0.25, 0.3) is 0 Å². The minimum absolute atomic E-state index is 0.00450. The lowest BCUT2D eigenvalue weighted by atomic mass is 10.2. The van der Waals surface area contributed by atoms with E-state index < -0.39 is 0 Å². The molecule has 19 heavy (non-hydrogen) atoms. The average molecular weight is 330 g/mol. The van der Waals surface area contributed by atoms with Gasteiger partial charge in [0.2, 0.25) is 5.91 Å². The summed E-state index contributed by atoms with van der Waals surface area (Å²) in [6, 6.07) is 4.95. The number of nitrogens with zero attached hydrogens (tertiary/aromatic N) is 1. The molecule has 1 amide bonds. The predicted octanol–water partition coefficient (Wildman–Crippen LogP) is 1.91. The normalized spacial score (nSPS) is 11.4. The van der Waals surface area contributed by atoms with E-state index in [0.29, 0.717) is 22.3 Å². The molecule has 1 aromatic carbocycles. The van der Waals surface area contributed by atoms with Gasteiger partial charge in [0.15, 0.2) is 5.84 Å². The lowest BCUT2D eigenvalue weighted by Gasteiger charge is -2.09. The van der Waals surface area contributed by atoms with Crippen LogP contribution < -0.4 is 11.1 Å². The molecule has 0 spiro atoms. The Balaban J connectivity index is 2.67. The van der Waals surface area contributed by atoms with E-state index in [1.807, 2.05) is 6.92 Å². The number of oxime groups is 1. The van der Waals surface area contributed by atoms with Crippen LogP contribution >= 0.6 is 15.9 Å². The molecule has 7 heteroatoms. The number of benzene rings is 1. The van der Waals surface area contributed by atoms with E-state index in [1.54, 1.807) is 18.2 Å². The highest BCUT2D eigenvalue weighted by atomic mass is 79.9. The number of carbonyl (C=O) groups excluding carboxylic acids is 1. The van der Waals surface area contributed by atoms with Crippen molar-refractivity contribution in [2.75, 3.05) is 18.5 Å². The number of ether oxygens (including phenoxy) is 1. The topological polar surface area (TPSA) is 96.9 Å². The molecular formula is C12H16BrN3O3. The highest BCUT2D eigenvalue weighted by Crippen LogP contribution is 2.23. The van der Waals surface area contributed by atoms with Crippen molar-refractivity contribution in [2.24, 2.45) is 10.9 Å². The summed E-state index contributed by atoms with van der Waals surface area (Å²) in [6.07, 6.45) is 0.867. The smallest absolute Gasteiger partial charge is 0.250 e. The van der Waals surface area contributed by atoms with Crippen molar-refractivity contribution in [2.45, 2.75) is 13.3 Å². The molecule has 1 rings (SSSR count). The number of halogens is 1.